The molecule has 13 heavy (non-hydrogen) atoms. The first-order chi connectivity index (χ1) is 6.15. The number of amides is 1. The number of rotatable bonds is 2. The fourth-order valence-corrected chi connectivity index (χ4v) is 1.74. The Kier molecular flexibility index (Phi) is 3.25. The van der Waals surface area contributed by atoms with Crippen LogP contribution in [0.5, 0.6) is 0 Å². The van der Waals surface area contributed by atoms with Crippen LogP contribution in [0, 0.1) is 6.92 Å². The zero-order chi connectivity index (χ0) is 9.84. The van der Waals surface area contributed by atoms with E-state index in [0.29, 0.717) is 6.54 Å². The Morgan fingerprint density at radius 1 is 1.77 bits per heavy atom. The summed E-state index contributed by atoms with van der Waals surface area (Å²) in [6.45, 7) is 2.49. The molecule has 1 aromatic rings. The van der Waals surface area contributed by atoms with Crippen molar-refractivity contribution in [3.05, 3.63) is 16.1 Å². The number of carbonyl (C=O) groups excluding carboxylic acids is 1. The quantitative estimate of drug-likeness (QED) is 0.729. The summed E-state index contributed by atoms with van der Waals surface area (Å²) in [4.78, 5) is 17.7. The molecule has 0 radical (unpaired) electrons. The number of ether oxygens (including phenoxy) is 1. The molecular formula is C8H12N2O2S. The van der Waals surface area contributed by atoms with Crippen LogP contribution in [0.15, 0.2) is 5.51 Å². The van der Waals surface area contributed by atoms with Crippen molar-refractivity contribution < 1.29 is 9.53 Å². The minimum atomic E-state index is -0.326. The van der Waals surface area contributed by atoms with Crippen LogP contribution in [-0.4, -0.2) is 30.1 Å². The predicted octanol–water partition coefficient (Wildman–Crippen LogP) is 1.65. The summed E-state index contributed by atoms with van der Waals surface area (Å²) in [6, 6.07) is 0. The maximum atomic E-state index is 11.0. The monoisotopic (exact) mass is 200 g/mol. The van der Waals surface area contributed by atoms with Crippen molar-refractivity contribution in [2.24, 2.45) is 0 Å². The summed E-state index contributed by atoms with van der Waals surface area (Å²) in [6.07, 6.45) is -0.326. The Morgan fingerprint density at radius 2 is 2.46 bits per heavy atom. The van der Waals surface area contributed by atoms with Gasteiger partial charge in [-0.25, -0.2) is 9.78 Å². The summed E-state index contributed by atoms with van der Waals surface area (Å²) in [5.41, 5.74) is 2.75. The number of nitrogens with zero attached hydrogens (tertiary/aromatic N) is 2. The van der Waals surface area contributed by atoms with Crippen molar-refractivity contribution in [1.29, 1.82) is 0 Å². The third kappa shape index (κ3) is 2.42. The second-order valence-corrected chi connectivity index (χ2v) is 3.63. The van der Waals surface area contributed by atoms with Crippen molar-refractivity contribution in [3.63, 3.8) is 0 Å². The van der Waals surface area contributed by atoms with Gasteiger partial charge in [0.2, 0.25) is 0 Å². The van der Waals surface area contributed by atoms with E-state index >= 15 is 0 Å². The summed E-state index contributed by atoms with van der Waals surface area (Å²) < 4.78 is 4.57. The Labute approximate surface area is 81.2 Å². The van der Waals surface area contributed by atoms with E-state index in [1.54, 1.807) is 23.9 Å². The Hall–Kier alpha value is -1.10. The maximum absolute atomic E-state index is 11.0. The SMILES string of the molecule is COC(=O)N(C)Cc1scnc1C. The van der Waals surface area contributed by atoms with Crippen LogP contribution < -0.4 is 0 Å². The van der Waals surface area contributed by atoms with Gasteiger partial charge in [0.1, 0.15) is 0 Å². The first-order valence-electron chi connectivity index (χ1n) is 3.83. The van der Waals surface area contributed by atoms with Crippen molar-refractivity contribution in [2.75, 3.05) is 14.2 Å². The number of hydrogen-bond acceptors (Lipinski definition) is 4. The zero-order valence-corrected chi connectivity index (χ0v) is 8.72. The average molecular weight is 200 g/mol. The molecule has 1 heterocycles. The summed E-state index contributed by atoms with van der Waals surface area (Å²) in [7, 11) is 3.07. The molecule has 0 aliphatic heterocycles. The number of methoxy groups -OCH3 is 1. The van der Waals surface area contributed by atoms with Crippen molar-refractivity contribution >= 4 is 17.4 Å². The molecule has 0 spiro atoms. The van der Waals surface area contributed by atoms with Crippen molar-refractivity contribution in [3.8, 4) is 0 Å². The molecule has 4 nitrogen and oxygen atoms in total. The van der Waals surface area contributed by atoms with Crippen LogP contribution in [0.2, 0.25) is 0 Å². The topological polar surface area (TPSA) is 42.4 Å². The van der Waals surface area contributed by atoms with E-state index in [4.69, 9.17) is 0 Å². The molecule has 0 bridgehead atoms. The van der Waals surface area contributed by atoms with E-state index in [-0.39, 0.29) is 6.09 Å². The van der Waals surface area contributed by atoms with Crippen molar-refractivity contribution in [2.45, 2.75) is 13.5 Å². The second-order valence-electron chi connectivity index (χ2n) is 2.69. The third-order valence-electron chi connectivity index (χ3n) is 1.71. The molecule has 0 aliphatic carbocycles. The standard InChI is InChI=1S/C8H12N2O2S/c1-6-7(13-5-9-6)4-10(2)8(11)12-3/h5H,4H2,1-3H3. The molecule has 0 saturated carbocycles. The fourth-order valence-electron chi connectivity index (χ4n) is 0.914. The van der Waals surface area contributed by atoms with Gasteiger partial charge in [-0.1, -0.05) is 0 Å². The maximum Gasteiger partial charge on any atom is 0.409 e. The Bertz CT molecular complexity index is 298. The normalized spacial score (nSPS) is 9.77. The van der Waals surface area contributed by atoms with Gasteiger partial charge < -0.3 is 9.64 Å². The van der Waals surface area contributed by atoms with Crippen LogP contribution in [0.1, 0.15) is 10.6 Å². The molecule has 0 saturated heterocycles. The minimum Gasteiger partial charge on any atom is -0.453 e. The lowest BCUT2D eigenvalue weighted by Gasteiger charge is -2.14. The molecule has 5 heteroatoms. The highest BCUT2D eigenvalue weighted by atomic mass is 32.1. The predicted molar refractivity (Wildman–Crippen MR) is 50.7 cm³/mol. The number of carbonyl (C=O) groups is 1. The van der Waals surface area contributed by atoms with Gasteiger partial charge in [-0.15, -0.1) is 11.3 Å². The van der Waals surface area contributed by atoms with E-state index < -0.39 is 0 Å². The minimum absolute atomic E-state index is 0.326. The van der Waals surface area contributed by atoms with E-state index in [1.807, 2.05) is 6.92 Å². The van der Waals surface area contributed by atoms with Gasteiger partial charge in [-0.2, -0.15) is 0 Å². The lowest BCUT2D eigenvalue weighted by molar-refractivity contribution is 0.131. The van der Waals surface area contributed by atoms with Crippen LogP contribution in [0.4, 0.5) is 4.79 Å². The second kappa shape index (κ2) is 4.23. The van der Waals surface area contributed by atoms with Crippen LogP contribution in [0.25, 0.3) is 0 Å². The van der Waals surface area contributed by atoms with E-state index in [2.05, 4.69) is 9.72 Å². The number of thiazole rings is 1. The molecule has 1 aromatic heterocycles. The molecule has 72 valence electrons. The third-order valence-corrected chi connectivity index (χ3v) is 2.63. The van der Waals surface area contributed by atoms with E-state index in [9.17, 15) is 4.79 Å². The molecule has 0 atom stereocenters. The lowest BCUT2D eigenvalue weighted by Crippen LogP contribution is -2.25. The number of aryl methyl sites for hydroxylation is 1. The van der Waals surface area contributed by atoms with Crippen LogP contribution in [0.3, 0.4) is 0 Å². The van der Waals surface area contributed by atoms with Crippen molar-refractivity contribution in [1.82, 2.24) is 9.88 Å². The van der Waals surface area contributed by atoms with Crippen LogP contribution >= 0.6 is 11.3 Å². The molecular weight excluding hydrogens is 188 g/mol. The van der Waals surface area contributed by atoms with Gasteiger partial charge in [0.25, 0.3) is 0 Å². The zero-order valence-electron chi connectivity index (χ0n) is 7.90. The van der Waals surface area contributed by atoms with Gasteiger partial charge in [-0.05, 0) is 6.92 Å². The van der Waals surface area contributed by atoms with Gasteiger partial charge in [0.15, 0.2) is 0 Å². The molecule has 0 aliphatic rings. The van der Waals surface area contributed by atoms with Gasteiger partial charge in [-0.3, -0.25) is 0 Å². The average Bonchev–Trinajstić information content (AvgIpc) is 2.50. The highest BCUT2D eigenvalue weighted by molar-refractivity contribution is 7.09. The molecule has 0 N–H and O–H groups in total. The fraction of sp³-hybridized carbons (Fsp3) is 0.500. The molecule has 0 fully saturated rings. The highest BCUT2D eigenvalue weighted by Gasteiger charge is 2.10. The number of hydrogen-bond donors (Lipinski definition) is 0. The summed E-state index contributed by atoms with van der Waals surface area (Å²) in [5.74, 6) is 0. The molecule has 1 amide bonds. The van der Waals surface area contributed by atoms with E-state index in [1.165, 1.54) is 12.0 Å². The Morgan fingerprint density at radius 3 is 2.92 bits per heavy atom. The summed E-state index contributed by atoms with van der Waals surface area (Å²) in [5, 5.41) is 0. The van der Waals surface area contributed by atoms with Gasteiger partial charge >= 0.3 is 6.09 Å². The first-order valence-corrected chi connectivity index (χ1v) is 4.71. The first kappa shape index (κ1) is 9.98. The smallest absolute Gasteiger partial charge is 0.409 e. The molecule has 0 unspecified atom stereocenters. The summed E-state index contributed by atoms with van der Waals surface area (Å²) >= 11 is 1.55. The van der Waals surface area contributed by atoms with Gasteiger partial charge in [0, 0.05) is 11.9 Å². The van der Waals surface area contributed by atoms with E-state index in [0.717, 1.165) is 10.6 Å². The Balaban J connectivity index is 2.59. The molecule has 1 rings (SSSR count). The number of aromatic nitrogens is 1. The van der Waals surface area contributed by atoms with Crippen LogP contribution in [-0.2, 0) is 11.3 Å². The molecule has 0 aromatic carbocycles. The lowest BCUT2D eigenvalue weighted by atomic mass is 10.4. The van der Waals surface area contributed by atoms with Gasteiger partial charge in [0.05, 0.1) is 24.9 Å². The largest absolute Gasteiger partial charge is 0.453 e. The highest BCUT2D eigenvalue weighted by Crippen LogP contribution is 2.14.